The third-order valence-corrected chi connectivity index (χ3v) is 4.77. The van der Waals surface area contributed by atoms with Crippen LogP contribution in [0.4, 0.5) is 0 Å². The number of nitrogens with two attached hydrogens (primary N) is 1. The number of H-pyrrole nitrogens is 1. The molecule has 3 N–H and O–H groups in total. The van der Waals surface area contributed by atoms with E-state index in [4.69, 9.17) is 19.9 Å². The van der Waals surface area contributed by atoms with E-state index in [0.29, 0.717) is 11.5 Å². The fourth-order valence-corrected chi connectivity index (χ4v) is 3.49. The maximum atomic E-state index is 12.9. The Balaban J connectivity index is 2.18. The molecular weight excluding hydrogens is 368 g/mol. The zero-order valence-corrected chi connectivity index (χ0v) is 17.5. The highest BCUT2D eigenvalue weighted by molar-refractivity contribution is 5.87. The lowest BCUT2D eigenvalue weighted by Crippen LogP contribution is -2.42. The smallest absolute Gasteiger partial charge is 0.324 e. The molecule has 0 aliphatic rings. The number of carbonyl (C=O) groups is 1. The van der Waals surface area contributed by atoms with Crippen LogP contribution in [0.25, 0.3) is 10.9 Å². The van der Waals surface area contributed by atoms with Gasteiger partial charge >= 0.3 is 5.97 Å². The number of carbonyl (C=O) groups excluding carboxylic acids is 1. The minimum absolute atomic E-state index is 0.474. The summed E-state index contributed by atoms with van der Waals surface area (Å²) in [6, 6.07) is 12.5. The maximum Gasteiger partial charge on any atom is 0.324 e. The quantitative estimate of drug-likeness (QED) is 0.616. The maximum absolute atomic E-state index is 12.9. The van der Waals surface area contributed by atoms with Gasteiger partial charge in [0.05, 0.1) is 14.2 Å². The van der Waals surface area contributed by atoms with Crippen molar-refractivity contribution in [3.8, 4) is 11.5 Å². The van der Waals surface area contributed by atoms with Crippen LogP contribution in [0.15, 0.2) is 48.7 Å². The Hall–Kier alpha value is -2.99. The standard InChI is InChI=1S/C23H28N2O4/c1-23(2,3)29-22(26)21(24)20(16-12-14(27-4)10-11-19(16)28-5)17-13-25-18-9-7-6-8-15(17)18/h6-13,20-21,25H,24H2,1-5H3/t20-,21-/m1/s1. The summed E-state index contributed by atoms with van der Waals surface area (Å²) in [6.07, 6.45) is 1.89. The molecular formula is C23H28N2O4. The molecule has 2 aromatic carbocycles. The number of esters is 1. The lowest BCUT2D eigenvalue weighted by Gasteiger charge is -2.28. The number of nitrogens with one attached hydrogen (secondary N) is 1. The third kappa shape index (κ3) is 4.38. The Morgan fingerprint density at radius 2 is 1.76 bits per heavy atom. The second-order valence-electron chi connectivity index (χ2n) is 7.93. The minimum Gasteiger partial charge on any atom is -0.497 e. The molecule has 3 aromatic rings. The van der Waals surface area contributed by atoms with Crippen molar-refractivity contribution in [3.63, 3.8) is 0 Å². The number of methoxy groups -OCH3 is 2. The van der Waals surface area contributed by atoms with Gasteiger partial charge in [-0.15, -0.1) is 0 Å². The summed E-state index contributed by atoms with van der Waals surface area (Å²) in [5.74, 6) is 0.311. The van der Waals surface area contributed by atoms with E-state index in [2.05, 4.69) is 4.98 Å². The number of aromatic nitrogens is 1. The van der Waals surface area contributed by atoms with E-state index < -0.39 is 23.5 Å². The minimum atomic E-state index is -0.936. The van der Waals surface area contributed by atoms with Gasteiger partial charge in [0.1, 0.15) is 23.1 Å². The van der Waals surface area contributed by atoms with Crippen molar-refractivity contribution < 1.29 is 19.0 Å². The SMILES string of the molecule is COc1ccc(OC)c([C@H](c2c[nH]c3ccccc23)[C@@H](N)C(=O)OC(C)(C)C)c1. The highest BCUT2D eigenvalue weighted by atomic mass is 16.6. The summed E-state index contributed by atoms with van der Waals surface area (Å²) in [6.45, 7) is 5.47. The monoisotopic (exact) mass is 396 g/mol. The van der Waals surface area contributed by atoms with Crippen LogP contribution >= 0.6 is 0 Å². The Kier molecular flexibility index (Phi) is 5.84. The predicted molar refractivity (Wildman–Crippen MR) is 114 cm³/mol. The van der Waals surface area contributed by atoms with Crippen molar-refractivity contribution in [3.05, 3.63) is 59.8 Å². The predicted octanol–water partition coefficient (Wildman–Crippen LogP) is 3.99. The Labute approximate surface area is 171 Å². The second-order valence-corrected chi connectivity index (χ2v) is 7.93. The van der Waals surface area contributed by atoms with E-state index in [9.17, 15) is 4.79 Å². The molecule has 0 bridgehead atoms. The fraction of sp³-hybridized carbons (Fsp3) is 0.348. The van der Waals surface area contributed by atoms with E-state index in [1.807, 2.05) is 69.4 Å². The van der Waals surface area contributed by atoms with Gasteiger partial charge in [-0.3, -0.25) is 4.79 Å². The summed E-state index contributed by atoms with van der Waals surface area (Å²) < 4.78 is 16.6. The molecule has 0 aliphatic heterocycles. The zero-order valence-electron chi connectivity index (χ0n) is 17.5. The molecule has 0 aliphatic carbocycles. The van der Waals surface area contributed by atoms with Crippen LogP contribution < -0.4 is 15.2 Å². The van der Waals surface area contributed by atoms with E-state index in [-0.39, 0.29) is 0 Å². The summed E-state index contributed by atoms with van der Waals surface area (Å²) in [4.78, 5) is 16.2. The molecule has 29 heavy (non-hydrogen) atoms. The molecule has 154 valence electrons. The first-order valence-electron chi connectivity index (χ1n) is 9.51. The van der Waals surface area contributed by atoms with Gasteiger partial charge < -0.3 is 24.9 Å². The van der Waals surface area contributed by atoms with Crippen LogP contribution in [-0.4, -0.2) is 36.8 Å². The third-order valence-electron chi connectivity index (χ3n) is 4.77. The first-order chi connectivity index (χ1) is 13.7. The topological polar surface area (TPSA) is 86.6 Å². The molecule has 0 unspecified atom stereocenters. The van der Waals surface area contributed by atoms with Gasteiger partial charge in [0.2, 0.25) is 0 Å². The Bertz CT molecular complexity index is 1000. The number of hydrogen-bond donors (Lipinski definition) is 2. The van der Waals surface area contributed by atoms with Crippen LogP contribution in [0, 0.1) is 0 Å². The Morgan fingerprint density at radius 3 is 2.41 bits per heavy atom. The average molecular weight is 396 g/mol. The number of benzene rings is 2. The molecule has 0 saturated heterocycles. The van der Waals surface area contributed by atoms with Gasteiger partial charge in [0.15, 0.2) is 0 Å². The molecule has 3 rings (SSSR count). The molecule has 0 saturated carbocycles. The van der Waals surface area contributed by atoms with Crippen molar-refractivity contribution in [1.29, 1.82) is 0 Å². The molecule has 0 radical (unpaired) electrons. The highest BCUT2D eigenvalue weighted by Crippen LogP contribution is 2.39. The van der Waals surface area contributed by atoms with E-state index in [1.165, 1.54) is 0 Å². The first-order valence-corrected chi connectivity index (χ1v) is 9.51. The highest BCUT2D eigenvalue weighted by Gasteiger charge is 2.34. The van der Waals surface area contributed by atoms with Crippen LogP contribution in [0.2, 0.25) is 0 Å². The molecule has 1 heterocycles. The molecule has 0 spiro atoms. The first kappa shape index (κ1) is 20.7. The fourth-order valence-electron chi connectivity index (χ4n) is 3.49. The van der Waals surface area contributed by atoms with Crippen LogP contribution in [0.3, 0.4) is 0 Å². The molecule has 0 fully saturated rings. The zero-order chi connectivity index (χ0) is 21.2. The summed E-state index contributed by atoms with van der Waals surface area (Å²) in [5.41, 5.74) is 8.49. The van der Waals surface area contributed by atoms with Crippen molar-refractivity contribution >= 4 is 16.9 Å². The Morgan fingerprint density at radius 1 is 1.03 bits per heavy atom. The van der Waals surface area contributed by atoms with Crippen LogP contribution in [0.5, 0.6) is 11.5 Å². The van der Waals surface area contributed by atoms with Gasteiger partial charge in [-0.2, -0.15) is 0 Å². The van der Waals surface area contributed by atoms with Gasteiger partial charge in [-0.1, -0.05) is 18.2 Å². The van der Waals surface area contributed by atoms with Gasteiger partial charge in [-0.25, -0.2) is 0 Å². The van der Waals surface area contributed by atoms with Crippen molar-refractivity contribution in [1.82, 2.24) is 4.98 Å². The molecule has 6 nitrogen and oxygen atoms in total. The van der Waals surface area contributed by atoms with Crippen LogP contribution in [-0.2, 0) is 9.53 Å². The summed E-state index contributed by atoms with van der Waals surface area (Å²) >= 11 is 0. The van der Waals surface area contributed by atoms with Crippen molar-refractivity contribution in [2.75, 3.05) is 14.2 Å². The average Bonchev–Trinajstić information content (AvgIpc) is 3.10. The molecule has 1 aromatic heterocycles. The molecule has 0 amide bonds. The van der Waals surface area contributed by atoms with E-state index >= 15 is 0 Å². The van der Waals surface area contributed by atoms with E-state index in [1.54, 1.807) is 14.2 Å². The normalized spacial score (nSPS) is 13.7. The lowest BCUT2D eigenvalue weighted by molar-refractivity contribution is -0.156. The largest absolute Gasteiger partial charge is 0.497 e. The molecule has 2 atom stereocenters. The van der Waals surface area contributed by atoms with Crippen molar-refractivity contribution in [2.45, 2.75) is 38.3 Å². The number of aromatic amines is 1. The number of para-hydroxylation sites is 1. The van der Waals surface area contributed by atoms with Gasteiger partial charge in [0, 0.05) is 28.6 Å². The van der Waals surface area contributed by atoms with Crippen molar-refractivity contribution in [2.24, 2.45) is 5.73 Å². The van der Waals surface area contributed by atoms with Gasteiger partial charge in [0.25, 0.3) is 0 Å². The lowest BCUT2D eigenvalue weighted by atomic mass is 9.84. The summed E-state index contributed by atoms with van der Waals surface area (Å²) in [7, 11) is 3.19. The number of fused-ring (bicyclic) bond motifs is 1. The van der Waals surface area contributed by atoms with Gasteiger partial charge in [-0.05, 0) is 50.6 Å². The number of ether oxygens (including phenoxy) is 3. The number of hydrogen-bond acceptors (Lipinski definition) is 5. The second kappa shape index (κ2) is 8.17. The molecule has 6 heteroatoms. The number of rotatable bonds is 6. The van der Waals surface area contributed by atoms with E-state index in [0.717, 1.165) is 22.0 Å². The summed E-state index contributed by atoms with van der Waals surface area (Å²) in [5, 5.41) is 0.987. The van der Waals surface area contributed by atoms with Crippen LogP contribution in [0.1, 0.15) is 37.8 Å².